The summed E-state index contributed by atoms with van der Waals surface area (Å²) in [6.45, 7) is 5.39. The molecule has 0 fully saturated rings. The monoisotopic (exact) mass is 276 g/mol. The Hall–Kier alpha value is -2.08. The maximum Gasteiger partial charge on any atom is 0.174 e. The van der Waals surface area contributed by atoms with E-state index in [0.717, 1.165) is 18.8 Å². The van der Waals surface area contributed by atoms with Crippen LogP contribution in [0.2, 0.25) is 0 Å². The molecule has 0 heterocycles. The fraction of sp³-hybridized carbons (Fsp3) is 0.429. The first-order valence-corrected chi connectivity index (χ1v) is 6.50. The van der Waals surface area contributed by atoms with E-state index in [-0.39, 0.29) is 11.7 Å². The first-order chi connectivity index (χ1) is 9.63. The van der Waals surface area contributed by atoms with Crippen LogP contribution in [-0.4, -0.2) is 31.5 Å². The van der Waals surface area contributed by atoms with Crippen molar-refractivity contribution in [2.45, 2.75) is 20.3 Å². The summed E-state index contributed by atoms with van der Waals surface area (Å²) in [5, 5.41) is 22.0. The van der Waals surface area contributed by atoms with E-state index in [4.69, 9.17) is 20.3 Å². The lowest BCUT2D eigenvalue weighted by Crippen LogP contribution is -2.07. The summed E-state index contributed by atoms with van der Waals surface area (Å²) in [7, 11) is 0. The number of rotatable bonds is 7. The Morgan fingerprint density at radius 1 is 1.05 bits per heavy atom. The Morgan fingerprint density at radius 2 is 1.75 bits per heavy atom. The first-order valence-electron chi connectivity index (χ1n) is 6.50. The van der Waals surface area contributed by atoms with Crippen LogP contribution in [0, 0.1) is 10.8 Å². The fourth-order valence-electron chi connectivity index (χ4n) is 1.36. The molecule has 0 radical (unpaired) electrons. The van der Waals surface area contributed by atoms with Crippen LogP contribution in [0.4, 0.5) is 0 Å². The third-order valence-corrected chi connectivity index (χ3v) is 2.27. The molecule has 1 aromatic rings. The van der Waals surface area contributed by atoms with E-state index < -0.39 is 0 Å². The van der Waals surface area contributed by atoms with Crippen LogP contribution in [0.3, 0.4) is 0 Å². The summed E-state index contributed by atoms with van der Waals surface area (Å²) in [5.41, 5.74) is 0.629. The molecule has 0 atom stereocenters. The zero-order valence-corrected chi connectivity index (χ0v) is 11.8. The minimum Gasteiger partial charge on any atom is -0.491 e. The summed E-state index contributed by atoms with van der Waals surface area (Å²) < 4.78 is 10.8. The molecule has 0 bridgehead atoms. The van der Waals surface area contributed by atoms with Gasteiger partial charge in [0.05, 0.1) is 6.61 Å². The van der Waals surface area contributed by atoms with Gasteiger partial charge < -0.3 is 9.47 Å². The van der Waals surface area contributed by atoms with Crippen LogP contribution >= 0.6 is 0 Å². The molecule has 0 aliphatic heterocycles. The number of benzene rings is 1. The average molecular weight is 276 g/mol. The van der Waals surface area contributed by atoms with Crippen LogP contribution < -0.4 is 4.74 Å². The van der Waals surface area contributed by atoms with Gasteiger partial charge in [-0.25, -0.2) is 0 Å². The highest BCUT2D eigenvalue weighted by Crippen LogP contribution is 2.13. The quantitative estimate of drug-likeness (QED) is 0.346. The largest absolute Gasteiger partial charge is 0.491 e. The number of nitrogens with one attached hydrogen (secondary N) is 2. The molecule has 0 unspecified atom stereocenters. The molecule has 6 heteroatoms. The van der Waals surface area contributed by atoms with E-state index in [1.165, 1.54) is 6.92 Å². The number of hydrogen-bond acceptors (Lipinski definition) is 4. The number of azo groups is 1. The second-order valence-corrected chi connectivity index (χ2v) is 4.12. The Morgan fingerprint density at radius 3 is 2.35 bits per heavy atom. The molecular formula is C14H20N4O2. The Balaban J connectivity index is 2.43. The van der Waals surface area contributed by atoms with Gasteiger partial charge in [0.2, 0.25) is 0 Å². The second-order valence-electron chi connectivity index (χ2n) is 4.12. The van der Waals surface area contributed by atoms with E-state index in [1.54, 1.807) is 24.3 Å². The van der Waals surface area contributed by atoms with E-state index in [9.17, 15) is 0 Å². The summed E-state index contributed by atoms with van der Waals surface area (Å²) in [6.07, 6.45) is 1.00. The van der Waals surface area contributed by atoms with Gasteiger partial charge in [0, 0.05) is 12.2 Å². The third-order valence-electron chi connectivity index (χ3n) is 2.27. The van der Waals surface area contributed by atoms with Crippen LogP contribution in [-0.2, 0) is 4.74 Å². The molecule has 1 rings (SSSR count). The van der Waals surface area contributed by atoms with Gasteiger partial charge >= 0.3 is 0 Å². The van der Waals surface area contributed by atoms with E-state index in [1.807, 2.05) is 0 Å². The van der Waals surface area contributed by atoms with E-state index in [2.05, 4.69) is 17.2 Å². The van der Waals surface area contributed by atoms with Crippen LogP contribution in [0.25, 0.3) is 0 Å². The molecule has 0 saturated heterocycles. The van der Waals surface area contributed by atoms with Gasteiger partial charge in [0.15, 0.2) is 5.84 Å². The molecule has 0 aliphatic carbocycles. The summed E-state index contributed by atoms with van der Waals surface area (Å²) in [6, 6.07) is 7.03. The highest BCUT2D eigenvalue weighted by Gasteiger charge is 2.01. The molecule has 0 aliphatic rings. The van der Waals surface area contributed by atoms with E-state index in [0.29, 0.717) is 18.8 Å². The number of hydrogen-bond donors (Lipinski definition) is 2. The van der Waals surface area contributed by atoms with Crippen molar-refractivity contribution < 1.29 is 9.47 Å². The van der Waals surface area contributed by atoms with Gasteiger partial charge in [-0.05, 0) is 37.6 Å². The lowest BCUT2D eigenvalue weighted by Gasteiger charge is -2.07. The Bertz CT molecular complexity index is 469. The minimum absolute atomic E-state index is 0.0226. The van der Waals surface area contributed by atoms with Gasteiger partial charge in [-0.3, -0.25) is 10.8 Å². The predicted octanol–water partition coefficient (Wildman–Crippen LogP) is 3.27. The van der Waals surface area contributed by atoms with Crippen molar-refractivity contribution in [3.63, 3.8) is 0 Å². The molecule has 0 saturated carbocycles. The zero-order valence-electron chi connectivity index (χ0n) is 11.8. The van der Waals surface area contributed by atoms with Crippen molar-refractivity contribution in [3.8, 4) is 5.75 Å². The van der Waals surface area contributed by atoms with Crippen molar-refractivity contribution in [3.05, 3.63) is 29.8 Å². The van der Waals surface area contributed by atoms with Crippen LogP contribution in [0.1, 0.15) is 25.8 Å². The second kappa shape index (κ2) is 8.92. The van der Waals surface area contributed by atoms with Gasteiger partial charge in [-0.2, -0.15) is 0 Å². The molecule has 6 nitrogen and oxygen atoms in total. The predicted molar refractivity (Wildman–Crippen MR) is 78.1 cm³/mol. The average Bonchev–Trinajstić information content (AvgIpc) is 2.45. The van der Waals surface area contributed by atoms with Crippen molar-refractivity contribution >= 4 is 11.7 Å². The smallest absolute Gasteiger partial charge is 0.174 e. The Labute approximate surface area is 118 Å². The normalized spacial score (nSPS) is 10.7. The van der Waals surface area contributed by atoms with Crippen molar-refractivity contribution in [2.24, 2.45) is 10.2 Å². The van der Waals surface area contributed by atoms with Crippen LogP contribution in [0.15, 0.2) is 34.5 Å². The number of amidine groups is 2. The summed E-state index contributed by atoms with van der Waals surface area (Å²) in [5.74, 6) is 0.818. The number of nitrogens with zero attached hydrogens (tertiary/aromatic N) is 2. The molecule has 20 heavy (non-hydrogen) atoms. The van der Waals surface area contributed by atoms with Crippen molar-refractivity contribution in [1.29, 1.82) is 10.8 Å². The summed E-state index contributed by atoms with van der Waals surface area (Å²) in [4.78, 5) is 0. The molecule has 2 N–H and O–H groups in total. The van der Waals surface area contributed by atoms with Crippen LogP contribution in [0.5, 0.6) is 5.75 Å². The molecule has 108 valence electrons. The van der Waals surface area contributed by atoms with Crippen molar-refractivity contribution in [1.82, 2.24) is 0 Å². The Kier molecular flexibility index (Phi) is 7.13. The minimum atomic E-state index is 0.0226. The SMILES string of the molecule is CCCOCCOc1ccc(C(=N)N=NC(C)=N)cc1. The van der Waals surface area contributed by atoms with Crippen molar-refractivity contribution in [2.75, 3.05) is 19.8 Å². The molecule has 0 aromatic heterocycles. The molecule has 1 aromatic carbocycles. The van der Waals surface area contributed by atoms with E-state index >= 15 is 0 Å². The molecule has 0 spiro atoms. The lowest BCUT2D eigenvalue weighted by atomic mass is 10.2. The standard InChI is InChI=1S/C14H20N4O2/c1-3-8-19-9-10-20-13-6-4-12(5-7-13)14(16)18-17-11(2)15/h4-7,15-16H,3,8-10H2,1-2H3. The summed E-state index contributed by atoms with van der Waals surface area (Å²) >= 11 is 0. The van der Waals surface area contributed by atoms with Gasteiger partial charge in [-0.1, -0.05) is 6.92 Å². The lowest BCUT2D eigenvalue weighted by molar-refractivity contribution is 0.101. The molecular weight excluding hydrogens is 256 g/mol. The molecule has 0 amide bonds. The first kappa shape index (κ1) is 16.0. The fourth-order valence-corrected chi connectivity index (χ4v) is 1.36. The van der Waals surface area contributed by atoms with Gasteiger partial charge in [-0.15, -0.1) is 10.2 Å². The number of ether oxygens (including phenoxy) is 2. The van der Waals surface area contributed by atoms with Gasteiger partial charge in [0.1, 0.15) is 18.2 Å². The maximum atomic E-state index is 7.69. The highest BCUT2D eigenvalue weighted by atomic mass is 16.5. The highest BCUT2D eigenvalue weighted by molar-refractivity contribution is 5.97. The third kappa shape index (κ3) is 6.19. The zero-order chi connectivity index (χ0) is 14.8. The van der Waals surface area contributed by atoms with Gasteiger partial charge in [0.25, 0.3) is 0 Å². The topological polar surface area (TPSA) is 90.9 Å². The maximum absolute atomic E-state index is 7.69.